The number of unbranched alkanes of at least 4 members (excludes halogenated alkanes) is 17. The maximum absolute atomic E-state index is 12.7. The fraction of sp³-hybridized carbons (Fsp3) is 0.606. The Morgan fingerprint density at radius 2 is 0.724 bits per heavy atom. The highest BCUT2D eigenvalue weighted by Gasteiger charge is 2.26. The first kappa shape index (κ1) is 71.9. The van der Waals surface area contributed by atoms with Gasteiger partial charge in [-0.15, -0.1) is 0 Å². The molecule has 0 rings (SSSR count). The molecule has 0 aliphatic rings. The number of phosphoric ester groups is 1. The number of carbonyl (C=O) groups is 2. The van der Waals surface area contributed by atoms with Crippen LogP contribution in [0.2, 0.25) is 0 Å². The summed E-state index contributed by atoms with van der Waals surface area (Å²) in [5.74, 6) is -0.860. The Bertz CT molecular complexity index is 1750. The van der Waals surface area contributed by atoms with Gasteiger partial charge in [-0.25, -0.2) is 4.57 Å². The summed E-state index contributed by atoms with van der Waals surface area (Å²) in [5.41, 5.74) is 5.37. The molecule has 0 aromatic rings. The molecule has 10 heteroatoms. The molecule has 0 bridgehead atoms. The molecular weight excluding hydrogens is 966 g/mol. The lowest BCUT2D eigenvalue weighted by Crippen LogP contribution is -2.29. The van der Waals surface area contributed by atoms with Crippen LogP contribution in [0.1, 0.15) is 226 Å². The summed E-state index contributed by atoms with van der Waals surface area (Å²) in [6, 6.07) is 0. The quantitative estimate of drug-likeness (QED) is 0.0264. The van der Waals surface area contributed by atoms with Gasteiger partial charge in [0, 0.05) is 19.4 Å². The molecule has 0 spiro atoms. The summed E-state index contributed by atoms with van der Waals surface area (Å²) in [6.45, 7) is 3.57. The van der Waals surface area contributed by atoms with Crippen molar-refractivity contribution in [3.05, 3.63) is 146 Å². The van der Waals surface area contributed by atoms with E-state index in [1.54, 1.807) is 0 Å². The second-order valence-corrected chi connectivity index (χ2v) is 20.6. The number of nitrogens with two attached hydrogens (primary N) is 1. The third kappa shape index (κ3) is 59.1. The minimum Gasteiger partial charge on any atom is -0.462 e. The number of carbonyl (C=O) groups excluding carboxylic acids is 2. The number of rotatable bonds is 54. The Hall–Kier alpha value is -4.11. The standard InChI is InChI=1S/C66H108NO8P/c1-3-5-7-9-11-13-15-17-19-20-21-22-23-24-25-26-27-28-29-30-31-32-33-34-35-36-37-38-39-40-41-42-43-44-45-47-49-51-53-55-57-59-66(69)75-64(63-74-76(70,71)73-61-60-67)62-72-65(68)58-56-54-52-50-48-46-18-16-14-12-10-8-6-4-2/h5,7,11,13,16-19,21-22,24-25,27-28,30-31,33-34,36-37,39-40,42-43,64H,3-4,6,8-10,12,14-15,20,23,26,29,32,35,38,41,44-63,67H2,1-2H3,(H,70,71)/b7-5-,13-11-,18-16-,19-17-,22-21-,25-24-,28-27-,31-30-,34-33-,37-36-,40-39-,43-42-. The molecule has 2 unspecified atom stereocenters. The van der Waals surface area contributed by atoms with Gasteiger partial charge in [0.1, 0.15) is 6.61 Å². The molecule has 0 radical (unpaired) electrons. The molecule has 0 heterocycles. The number of allylic oxidation sites excluding steroid dienone is 24. The summed E-state index contributed by atoms with van der Waals surface area (Å²) in [7, 11) is -4.40. The summed E-state index contributed by atoms with van der Waals surface area (Å²) in [5, 5.41) is 0. The molecule has 0 saturated heterocycles. The molecule has 9 nitrogen and oxygen atoms in total. The first-order valence-corrected chi connectivity index (χ1v) is 31.3. The van der Waals surface area contributed by atoms with Crippen molar-refractivity contribution in [2.24, 2.45) is 5.73 Å². The lowest BCUT2D eigenvalue weighted by atomic mass is 10.1. The van der Waals surface area contributed by atoms with E-state index < -0.39 is 32.5 Å². The highest BCUT2D eigenvalue weighted by atomic mass is 31.2. The van der Waals surface area contributed by atoms with Gasteiger partial charge >= 0.3 is 19.8 Å². The number of esters is 2. The number of hydrogen-bond donors (Lipinski definition) is 2. The van der Waals surface area contributed by atoms with E-state index in [1.165, 1.54) is 51.4 Å². The van der Waals surface area contributed by atoms with Crippen molar-refractivity contribution in [3.63, 3.8) is 0 Å². The largest absolute Gasteiger partial charge is 0.472 e. The van der Waals surface area contributed by atoms with Crippen LogP contribution in [-0.2, 0) is 32.7 Å². The highest BCUT2D eigenvalue weighted by molar-refractivity contribution is 7.47. The van der Waals surface area contributed by atoms with Crippen LogP contribution in [0.3, 0.4) is 0 Å². The smallest absolute Gasteiger partial charge is 0.462 e. The average molecular weight is 1070 g/mol. The van der Waals surface area contributed by atoms with E-state index in [1.807, 2.05) is 0 Å². The van der Waals surface area contributed by atoms with Crippen LogP contribution in [0.4, 0.5) is 0 Å². The van der Waals surface area contributed by atoms with Crippen molar-refractivity contribution in [3.8, 4) is 0 Å². The molecule has 430 valence electrons. The van der Waals surface area contributed by atoms with Gasteiger partial charge in [-0.05, 0) is 122 Å². The number of ether oxygens (including phenoxy) is 2. The van der Waals surface area contributed by atoms with Gasteiger partial charge in [0.2, 0.25) is 0 Å². The van der Waals surface area contributed by atoms with Gasteiger partial charge in [0.15, 0.2) is 6.10 Å². The minimum atomic E-state index is -4.40. The maximum atomic E-state index is 12.7. The van der Waals surface area contributed by atoms with Gasteiger partial charge < -0.3 is 20.1 Å². The summed E-state index contributed by atoms with van der Waals surface area (Å²) < 4.78 is 32.9. The maximum Gasteiger partial charge on any atom is 0.472 e. The molecule has 2 atom stereocenters. The lowest BCUT2D eigenvalue weighted by molar-refractivity contribution is -0.161. The second-order valence-electron chi connectivity index (χ2n) is 19.1. The molecule has 0 aromatic carbocycles. The fourth-order valence-corrected chi connectivity index (χ4v) is 8.34. The third-order valence-corrected chi connectivity index (χ3v) is 12.9. The highest BCUT2D eigenvalue weighted by Crippen LogP contribution is 2.43. The van der Waals surface area contributed by atoms with E-state index >= 15 is 0 Å². The van der Waals surface area contributed by atoms with Crippen LogP contribution < -0.4 is 5.73 Å². The zero-order valence-corrected chi connectivity index (χ0v) is 48.8. The molecular formula is C66H108NO8P. The number of hydrogen-bond acceptors (Lipinski definition) is 8. The van der Waals surface area contributed by atoms with E-state index in [4.69, 9.17) is 24.3 Å². The van der Waals surface area contributed by atoms with Crippen molar-refractivity contribution in [2.75, 3.05) is 26.4 Å². The topological polar surface area (TPSA) is 134 Å². The van der Waals surface area contributed by atoms with Gasteiger partial charge in [-0.2, -0.15) is 0 Å². The predicted octanol–water partition coefficient (Wildman–Crippen LogP) is 19.1. The zero-order valence-electron chi connectivity index (χ0n) is 47.9. The molecule has 0 saturated carbocycles. The Labute approximate surface area is 465 Å². The van der Waals surface area contributed by atoms with Crippen LogP contribution in [0.15, 0.2) is 146 Å². The third-order valence-electron chi connectivity index (χ3n) is 12.0. The van der Waals surface area contributed by atoms with Gasteiger partial charge in [-0.1, -0.05) is 237 Å². The van der Waals surface area contributed by atoms with Gasteiger partial charge in [-0.3, -0.25) is 18.6 Å². The fourth-order valence-electron chi connectivity index (χ4n) is 7.58. The summed E-state index contributed by atoms with van der Waals surface area (Å²) in [6.07, 6.45) is 86.2. The SMILES string of the molecule is CC/C=C\C/C=C\C/C=C\C/C=C\C/C=C\C/C=C\C/C=C\C/C=C\C/C=C\C/C=C\C/C=C\CCCCCCCCCC(=O)OC(COC(=O)CCCCCCC/C=C\CCCCCCC)COP(=O)(O)OCCN. The lowest BCUT2D eigenvalue weighted by Gasteiger charge is -2.19. The first-order chi connectivity index (χ1) is 37.3. The average Bonchev–Trinajstić information content (AvgIpc) is 3.41. The van der Waals surface area contributed by atoms with Crippen molar-refractivity contribution in [1.29, 1.82) is 0 Å². The number of phosphoric acid groups is 1. The van der Waals surface area contributed by atoms with E-state index in [9.17, 15) is 19.0 Å². The molecule has 3 N–H and O–H groups in total. The van der Waals surface area contributed by atoms with Gasteiger partial charge in [0.25, 0.3) is 0 Å². The van der Waals surface area contributed by atoms with E-state index in [-0.39, 0.29) is 32.6 Å². The Morgan fingerprint density at radius 1 is 0.408 bits per heavy atom. The first-order valence-electron chi connectivity index (χ1n) is 29.8. The van der Waals surface area contributed by atoms with Crippen LogP contribution in [0.5, 0.6) is 0 Å². The minimum absolute atomic E-state index is 0.0437. The second kappa shape index (κ2) is 60.1. The van der Waals surface area contributed by atoms with E-state index in [2.05, 4.69) is 160 Å². The van der Waals surface area contributed by atoms with Gasteiger partial charge in [0.05, 0.1) is 13.2 Å². The van der Waals surface area contributed by atoms with E-state index in [0.717, 1.165) is 135 Å². The monoisotopic (exact) mass is 1070 g/mol. The summed E-state index contributed by atoms with van der Waals surface area (Å²) in [4.78, 5) is 35.1. The molecule has 0 aliphatic heterocycles. The molecule has 76 heavy (non-hydrogen) atoms. The van der Waals surface area contributed by atoms with Crippen LogP contribution in [-0.4, -0.2) is 49.3 Å². The van der Waals surface area contributed by atoms with Crippen molar-refractivity contribution >= 4 is 19.8 Å². The Morgan fingerprint density at radius 3 is 1.09 bits per heavy atom. The molecule has 0 aromatic heterocycles. The van der Waals surface area contributed by atoms with Crippen LogP contribution in [0.25, 0.3) is 0 Å². The van der Waals surface area contributed by atoms with Crippen LogP contribution >= 0.6 is 7.82 Å². The zero-order chi connectivity index (χ0) is 55.2. The predicted molar refractivity (Wildman–Crippen MR) is 325 cm³/mol. The van der Waals surface area contributed by atoms with Crippen LogP contribution in [0, 0.1) is 0 Å². The van der Waals surface area contributed by atoms with Crippen molar-refractivity contribution in [1.82, 2.24) is 0 Å². The molecule has 0 aliphatic carbocycles. The van der Waals surface area contributed by atoms with Crippen molar-refractivity contribution in [2.45, 2.75) is 232 Å². The Balaban J connectivity index is 4.00. The van der Waals surface area contributed by atoms with E-state index in [0.29, 0.717) is 12.8 Å². The Kier molecular flexibility index (Phi) is 56.9. The van der Waals surface area contributed by atoms with Crippen molar-refractivity contribution < 1.29 is 37.6 Å². The normalized spacial score (nSPS) is 14.1. The molecule has 0 fully saturated rings. The summed E-state index contributed by atoms with van der Waals surface area (Å²) >= 11 is 0. The molecule has 0 amide bonds.